The Kier molecular flexibility index (Phi) is 6.85. The van der Waals surface area contributed by atoms with Gasteiger partial charge in [-0.25, -0.2) is 4.39 Å². The predicted octanol–water partition coefficient (Wildman–Crippen LogP) is 6.19. The molecule has 0 aliphatic carbocycles. The van der Waals surface area contributed by atoms with Crippen molar-refractivity contribution >= 4 is 29.1 Å². The van der Waals surface area contributed by atoms with E-state index in [0.29, 0.717) is 36.8 Å². The van der Waals surface area contributed by atoms with Gasteiger partial charge in [-0.1, -0.05) is 48.0 Å². The number of aryl methyl sites for hydroxylation is 1. The monoisotopic (exact) mass is 504 g/mol. The first-order chi connectivity index (χ1) is 16.6. The zero-order valence-corrected chi connectivity index (χ0v) is 19.4. The molecule has 0 fully saturated rings. The first-order valence-electron chi connectivity index (χ1n) is 10.9. The minimum atomic E-state index is -4.86. The molecule has 0 saturated carbocycles. The number of benzene rings is 3. The summed E-state index contributed by atoms with van der Waals surface area (Å²) in [7, 11) is 0. The number of hydrogen-bond donors (Lipinski definition) is 1. The van der Waals surface area contributed by atoms with Gasteiger partial charge < -0.3 is 10.2 Å². The van der Waals surface area contributed by atoms with Crippen molar-refractivity contribution in [2.24, 2.45) is 0 Å². The summed E-state index contributed by atoms with van der Waals surface area (Å²) >= 11 is 6.32. The van der Waals surface area contributed by atoms with Crippen LogP contribution in [0, 0.1) is 12.7 Å². The number of alkyl halides is 3. The molecule has 3 aromatic carbocycles. The Hall–Kier alpha value is -3.39. The fraction of sp³-hybridized carbons (Fsp3) is 0.231. The molecule has 182 valence electrons. The molecular weight excluding hydrogens is 484 g/mol. The van der Waals surface area contributed by atoms with E-state index in [9.17, 15) is 27.2 Å². The summed E-state index contributed by atoms with van der Waals surface area (Å²) in [6, 6.07) is 13.5. The number of nitrogens with zero attached hydrogens (tertiary/aromatic N) is 1. The number of fused-ring (bicyclic) bond motifs is 1. The van der Waals surface area contributed by atoms with Gasteiger partial charge in [-0.05, 0) is 53.8 Å². The van der Waals surface area contributed by atoms with Gasteiger partial charge in [0.05, 0.1) is 22.7 Å². The van der Waals surface area contributed by atoms with E-state index in [-0.39, 0.29) is 16.5 Å². The van der Waals surface area contributed by atoms with Crippen molar-refractivity contribution in [3.8, 4) is 0 Å². The zero-order valence-electron chi connectivity index (χ0n) is 18.7. The lowest BCUT2D eigenvalue weighted by molar-refractivity contribution is -0.140. The van der Waals surface area contributed by atoms with Crippen LogP contribution in [0.4, 0.5) is 23.2 Å². The van der Waals surface area contributed by atoms with E-state index < -0.39 is 29.9 Å². The van der Waals surface area contributed by atoms with Crippen LogP contribution in [0.5, 0.6) is 0 Å². The Balaban J connectivity index is 1.53. The number of amides is 2. The van der Waals surface area contributed by atoms with Crippen LogP contribution in [0.25, 0.3) is 0 Å². The minimum Gasteiger partial charge on any atom is -0.334 e. The maximum atomic E-state index is 14.3. The Morgan fingerprint density at radius 3 is 2.51 bits per heavy atom. The highest BCUT2D eigenvalue weighted by Crippen LogP contribution is 2.35. The molecule has 4 nitrogen and oxygen atoms in total. The molecule has 0 atom stereocenters. The first kappa shape index (κ1) is 24.7. The minimum absolute atomic E-state index is 0.102. The molecule has 35 heavy (non-hydrogen) atoms. The molecule has 1 N–H and O–H groups in total. The van der Waals surface area contributed by atoms with Crippen molar-refractivity contribution in [2.75, 3.05) is 11.9 Å². The number of hydrogen-bond acceptors (Lipinski definition) is 2. The van der Waals surface area contributed by atoms with Crippen LogP contribution in [-0.4, -0.2) is 23.3 Å². The third-order valence-corrected chi connectivity index (χ3v) is 6.33. The number of carbonyl (C=O) groups excluding carboxylic acids is 2. The summed E-state index contributed by atoms with van der Waals surface area (Å²) in [6.45, 7) is 2.57. The van der Waals surface area contributed by atoms with Crippen LogP contribution in [0.15, 0.2) is 54.6 Å². The van der Waals surface area contributed by atoms with Crippen LogP contribution in [0.3, 0.4) is 0 Å². The Morgan fingerprint density at radius 1 is 1.06 bits per heavy atom. The molecule has 4 rings (SSSR count). The Morgan fingerprint density at radius 2 is 1.80 bits per heavy atom. The van der Waals surface area contributed by atoms with Gasteiger partial charge in [-0.3, -0.25) is 9.59 Å². The molecule has 0 radical (unpaired) electrons. The predicted molar refractivity (Wildman–Crippen MR) is 125 cm³/mol. The molecule has 0 unspecified atom stereocenters. The van der Waals surface area contributed by atoms with Gasteiger partial charge in [0.1, 0.15) is 5.82 Å². The third kappa shape index (κ3) is 5.17. The second kappa shape index (κ2) is 9.70. The van der Waals surface area contributed by atoms with Gasteiger partial charge >= 0.3 is 6.18 Å². The van der Waals surface area contributed by atoms with Crippen molar-refractivity contribution in [1.82, 2.24) is 4.90 Å². The molecule has 9 heteroatoms. The summed E-state index contributed by atoms with van der Waals surface area (Å²) in [6.07, 6.45) is -5.03. The molecule has 2 amide bonds. The van der Waals surface area contributed by atoms with Crippen LogP contribution in [0.2, 0.25) is 5.02 Å². The van der Waals surface area contributed by atoms with E-state index in [4.69, 9.17) is 11.6 Å². The van der Waals surface area contributed by atoms with E-state index in [1.165, 1.54) is 0 Å². The quantitative estimate of drug-likeness (QED) is 0.431. The van der Waals surface area contributed by atoms with E-state index in [0.717, 1.165) is 28.8 Å². The topological polar surface area (TPSA) is 49.4 Å². The van der Waals surface area contributed by atoms with Crippen LogP contribution >= 0.6 is 11.6 Å². The normalized spacial score (nSPS) is 13.4. The summed E-state index contributed by atoms with van der Waals surface area (Å²) in [5.74, 6) is -2.27. The van der Waals surface area contributed by atoms with E-state index in [1.807, 2.05) is 19.1 Å². The molecule has 0 bridgehead atoms. The summed E-state index contributed by atoms with van der Waals surface area (Å²) < 4.78 is 53.3. The smallest absolute Gasteiger partial charge is 0.334 e. The summed E-state index contributed by atoms with van der Waals surface area (Å²) in [5.41, 5.74) is 1.55. The van der Waals surface area contributed by atoms with Gasteiger partial charge in [0, 0.05) is 18.7 Å². The third-order valence-electron chi connectivity index (χ3n) is 6.01. The van der Waals surface area contributed by atoms with E-state index in [2.05, 4.69) is 5.32 Å². The zero-order chi connectivity index (χ0) is 25.3. The largest absolute Gasteiger partial charge is 0.419 e. The van der Waals surface area contributed by atoms with E-state index in [1.54, 1.807) is 29.2 Å². The number of nitrogens with one attached hydrogen (secondary N) is 1. The molecule has 3 aromatic rings. The highest BCUT2D eigenvalue weighted by molar-refractivity contribution is 6.34. The first-order valence-corrected chi connectivity index (χ1v) is 11.2. The van der Waals surface area contributed by atoms with Crippen molar-refractivity contribution < 1.29 is 27.2 Å². The highest BCUT2D eigenvalue weighted by atomic mass is 35.5. The summed E-state index contributed by atoms with van der Waals surface area (Å²) in [5, 5.41) is 2.89. The van der Waals surface area contributed by atoms with Gasteiger partial charge in [0.2, 0.25) is 5.91 Å². The number of rotatable bonds is 4. The van der Waals surface area contributed by atoms with Crippen molar-refractivity contribution in [2.45, 2.75) is 32.5 Å². The molecule has 1 aliphatic heterocycles. The molecular formula is C26H21ClF4N2O2. The van der Waals surface area contributed by atoms with Crippen molar-refractivity contribution in [3.05, 3.63) is 98.8 Å². The fourth-order valence-corrected chi connectivity index (χ4v) is 4.44. The highest BCUT2D eigenvalue weighted by Gasteiger charge is 2.35. The fourth-order valence-electron chi connectivity index (χ4n) is 4.21. The van der Waals surface area contributed by atoms with Crippen LogP contribution < -0.4 is 5.32 Å². The maximum absolute atomic E-state index is 14.3. The van der Waals surface area contributed by atoms with Gasteiger partial charge in [0.15, 0.2) is 0 Å². The lowest BCUT2D eigenvalue weighted by atomic mass is 9.96. The maximum Gasteiger partial charge on any atom is 0.419 e. The Bertz CT molecular complexity index is 1310. The number of carbonyl (C=O) groups is 2. The van der Waals surface area contributed by atoms with Gasteiger partial charge in [0.25, 0.3) is 5.91 Å². The average Bonchev–Trinajstić information content (AvgIpc) is 2.81. The van der Waals surface area contributed by atoms with Crippen molar-refractivity contribution in [3.63, 3.8) is 0 Å². The molecule has 0 spiro atoms. The van der Waals surface area contributed by atoms with Crippen LogP contribution in [-0.2, 0) is 30.4 Å². The standard InChI is InChI=1S/C26H21ClF4N2O2/c1-15-5-2-3-7-18(15)25(35)33-12-11-19-17(14-33)9-10-21(27)24(19)32-22(34)13-16-6-4-8-20(23(16)28)26(29,30)31/h2-10H,11-14H2,1H3,(H,32,34). The molecule has 0 saturated heterocycles. The van der Waals surface area contributed by atoms with Crippen LogP contribution in [0.1, 0.15) is 38.2 Å². The second-order valence-electron chi connectivity index (χ2n) is 8.35. The van der Waals surface area contributed by atoms with Crippen molar-refractivity contribution in [1.29, 1.82) is 0 Å². The van der Waals surface area contributed by atoms with E-state index >= 15 is 0 Å². The lowest BCUT2D eigenvalue weighted by Crippen LogP contribution is -2.36. The lowest BCUT2D eigenvalue weighted by Gasteiger charge is -2.31. The SMILES string of the molecule is Cc1ccccc1C(=O)N1CCc2c(ccc(Cl)c2NC(=O)Cc2cccc(C(F)(F)F)c2F)C1. The second-order valence-corrected chi connectivity index (χ2v) is 8.76. The number of halogens is 5. The molecule has 1 heterocycles. The molecule has 0 aromatic heterocycles. The Labute approximate surface area is 204 Å². The van der Waals surface area contributed by atoms with Gasteiger partial charge in [-0.15, -0.1) is 0 Å². The molecule has 1 aliphatic rings. The average molecular weight is 505 g/mol. The number of anilines is 1. The van der Waals surface area contributed by atoms with Gasteiger partial charge in [-0.2, -0.15) is 13.2 Å². The summed E-state index contributed by atoms with van der Waals surface area (Å²) in [4.78, 5) is 27.4.